The van der Waals surface area contributed by atoms with Crippen molar-refractivity contribution >= 4 is 0 Å². The van der Waals surface area contributed by atoms with Crippen LogP contribution >= 0.6 is 0 Å². The molecule has 1 saturated carbocycles. The highest BCUT2D eigenvalue weighted by molar-refractivity contribution is 5.19. The Kier molecular flexibility index (Phi) is 4.07. The van der Waals surface area contributed by atoms with Gasteiger partial charge in [-0.2, -0.15) is 0 Å². The number of hydrogen-bond donors (Lipinski definition) is 2. The summed E-state index contributed by atoms with van der Waals surface area (Å²) in [6.07, 6.45) is 3.29. The van der Waals surface area contributed by atoms with Crippen molar-refractivity contribution in [3.63, 3.8) is 0 Å². The van der Waals surface area contributed by atoms with Gasteiger partial charge in [0.2, 0.25) is 0 Å². The van der Waals surface area contributed by atoms with Crippen LogP contribution in [0.4, 0.5) is 8.78 Å². The summed E-state index contributed by atoms with van der Waals surface area (Å²) < 4.78 is 26.7. The van der Waals surface area contributed by atoms with Gasteiger partial charge in [0.25, 0.3) is 0 Å². The van der Waals surface area contributed by atoms with Crippen LogP contribution < -0.4 is 5.32 Å². The van der Waals surface area contributed by atoms with Crippen molar-refractivity contribution < 1.29 is 13.9 Å². The SMILES string of the molecule is O[C@H]1CCCC[C@@H]1NCc1c(F)cccc1F. The molecular formula is C13H17F2NO. The third-order valence-electron chi connectivity index (χ3n) is 3.33. The van der Waals surface area contributed by atoms with Gasteiger partial charge in [-0.05, 0) is 25.0 Å². The van der Waals surface area contributed by atoms with E-state index in [1.165, 1.54) is 18.2 Å². The molecule has 2 rings (SSSR count). The molecule has 0 bridgehead atoms. The molecule has 1 aromatic rings. The Hall–Kier alpha value is -1.00. The molecule has 1 aliphatic rings. The lowest BCUT2D eigenvalue weighted by atomic mass is 9.92. The van der Waals surface area contributed by atoms with Crippen molar-refractivity contribution in [2.75, 3.05) is 0 Å². The third kappa shape index (κ3) is 3.01. The van der Waals surface area contributed by atoms with Crippen molar-refractivity contribution in [1.29, 1.82) is 0 Å². The summed E-state index contributed by atoms with van der Waals surface area (Å²) in [5.41, 5.74) is 0.0465. The summed E-state index contributed by atoms with van der Waals surface area (Å²) in [5, 5.41) is 12.8. The largest absolute Gasteiger partial charge is 0.392 e. The summed E-state index contributed by atoms with van der Waals surface area (Å²) in [6, 6.07) is 3.79. The molecule has 0 aromatic heterocycles. The fraction of sp³-hybridized carbons (Fsp3) is 0.538. The Morgan fingerprint density at radius 1 is 1.18 bits per heavy atom. The summed E-state index contributed by atoms with van der Waals surface area (Å²) in [4.78, 5) is 0. The number of halogens is 2. The second kappa shape index (κ2) is 5.56. The lowest BCUT2D eigenvalue weighted by Gasteiger charge is -2.28. The highest BCUT2D eigenvalue weighted by Gasteiger charge is 2.22. The number of benzene rings is 1. The third-order valence-corrected chi connectivity index (χ3v) is 3.33. The van der Waals surface area contributed by atoms with Crippen LogP contribution in [0.25, 0.3) is 0 Å². The molecule has 2 atom stereocenters. The smallest absolute Gasteiger partial charge is 0.130 e. The zero-order valence-electron chi connectivity index (χ0n) is 9.63. The first-order chi connectivity index (χ1) is 8.18. The van der Waals surface area contributed by atoms with Crippen molar-refractivity contribution in [3.8, 4) is 0 Å². The van der Waals surface area contributed by atoms with Crippen molar-refractivity contribution in [3.05, 3.63) is 35.4 Å². The van der Waals surface area contributed by atoms with Crippen LogP contribution in [0.1, 0.15) is 31.2 Å². The maximum atomic E-state index is 13.4. The molecule has 0 unspecified atom stereocenters. The Bertz CT molecular complexity index is 363. The van der Waals surface area contributed by atoms with Gasteiger partial charge in [0.15, 0.2) is 0 Å². The highest BCUT2D eigenvalue weighted by Crippen LogP contribution is 2.19. The predicted octanol–water partition coefficient (Wildman–Crippen LogP) is 2.36. The minimum absolute atomic E-state index is 0.0465. The zero-order chi connectivity index (χ0) is 12.3. The molecular weight excluding hydrogens is 224 g/mol. The summed E-state index contributed by atoms with van der Waals surface area (Å²) in [5.74, 6) is -1.08. The van der Waals surface area contributed by atoms with Crippen LogP contribution in [0.15, 0.2) is 18.2 Å². The molecule has 17 heavy (non-hydrogen) atoms. The quantitative estimate of drug-likeness (QED) is 0.851. The van der Waals surface area contributed by atoms with E-state index >= 15 is 0 Å². The Balaban J connectivity index is 1.97. The zero-order valence-corrected chi connectivity index (χ0v) is 9.63. The van der Waals surface area contributed by atoms with E-state index in [2.05, 4.69) is 5.32 Å². The Labute approximate surface area is 99.7 Å². The van der Waals surface area contributed by atoms with Gasteiger partial charge in [-0.3, -0.25) is 0 Å². The molecule has 0 amide bonds. The molecule has 0 saturated heterocycles. The van der Waals surface area contributed by atoms with E-state index in [4.69, 9.17) is 0 Å². The molecule has 1 aromatic carbocycles. The van der Waals surface area contributed by atoms with Gasteiger partial charge < -0.3 is 10.4 Å². The van der Waals surface area contributed by atoms with Crippen molar-refractivity contribution in [2.24, 2.45) is 0 Å². The fourth-order valence-electron chi connectivity index (χ4n) is 2.28. The molecule has 94 valence electrons. The lowest BCUT2D eigenvalue weighted by Crippen LogP contribution is -2.41. The highest BCUT2D eigenvalue weighted by atomic mass is 19.1. The summed E-state index contributed by atoms with van der Waals surface area (Å²) in [6.45, 7) is 0.125. The average molecular weight is 241 g/mol. The fourth-order valence-corrected chi connectivity index (χ4v) is 2.28. The molecule has 4 heteroatoms. The van der Waals surface area contributed by atoms with Crippen molar-refractivity contribution in [2.45, 2.75) is 44.4 Å². The van der Waals surface area contributed by atoms with Crippen LogP contribution in [-0.2, 0) is 6.54 Å². The molecule has 0 aliphatic heterocycles. The van der Waals surface area contributed by atoms with Gasteiger partial charge in [-0.15, -0.1) is 0 Å². The molecule has 0 spiro atoms. The number of rotatable bonds is 3. The van der Waals surface area contributed by atoms with Crippen LogP contribution in [0.5, 0.6) is 0 Å². The Morgan fingerprint density at radius 2 is 1.82 bits per heavy atom. The van der Waals surface area contributed by atoms with E-state index in [0.29, 0.717) is 0 Å². The maximum Gasteiger partial charge on any atom is 0.130 e. The van der Waals surface area contributed by atoms with Gasteiger partial charge in [0.05, 0.1) is 6.10 Å². The summed E-state index contributed by atoms with van der Waals surface area (Å²) in [7, 11) is 0. The summed E-state index contributed by atoms with van der Waals surface area (Å²) >= 11 is 0. The van der Waals surface area contributed by atoms with Gasteiger partial charge in [0, 0.05) is 18.2 Å². The van der Waals surface area contributed by atoms with E-state index in [9.17, 15) is 13.9 Å². The van der Waals surface area contributed by atoms with E-state index in [0.717, 1.165) is 25.7 Å². The first-order valence-electron chi connectivity index (χ1n) is 6.03. The second-order valence-electron chi connectivity index (χ2n) is 4.54. The Morgan fingerprint density at radius 3 is 2.47 bits per heavy atom. The minimum Gasteiger partial charge on any atom is -0.392 e. The van der Waals surface area contributed by atoms with Crippen LogP contribution in [0.3, 0.4) is 0 Å². The lowest BCUT2D eigenvalue weighted by molar-refractivity contribution is 0.0899. The molecule has 2 N–H and O–H groups in total. The van der Waals surface area contributed by atoms with E-state index in [1.54, 1.807) is 0 Å². The first-order valence-corrected chi connectivity index (χ1v) is 6.03. The average Bonchev–Trinajstić information content (AvgIpc) is 2.30. The van der Waals surface area contributed by atoms with Gasteiger partial charge in [0.1, 0.15) is 11.6 Å². The van der Waals surface area contributed by atoms with Crippen molar-refractivity contribution in [1.82, 2.24) is 5.32 Å². The van der Waals surface area contributed by atoms with E-state index < -0.39 is 17.7 Å². The van der Waals surface area contributed by atoms with Gasteiger partial charge >= 0.3 is 0 Å². The predicted molar refractivity (Wildman–Crippen MR) is 61.5 cm³/mol. The molecule has 2 nitrogen and oxygen atoms in total. The molecule has 0 heterocycles. The van der Waals surface area contributed by atoms with Gasteiger partial charge in [-0.25, -0.2) is 8.78 Å². The monoisotopic (exact) mass is 241 g/mol. The first kappa shape index (κ1) is 12.5. The van der Waals surface area contributed by atoms with E-state index in [1.807, 2.05) is 0 Å². The standard InChI is InChI=1S/C13H17F2NO/c14-10-4-3-5-11(15)9(10)8-16-12-6-1-2-7-13(12)17/h3-5,12-13,16-17H,1-2,6-8H2/t12-,13-/m0/s1. The topological polar surface area (TPSA) is 32.3 Å². The van der Waals surface area contributed by atoms with Gasteiger partial charge in [-0.1, -0.05) is 18.9 Å². The number of aliphatic hydroxyl groups is 1. The molecule has 1 fully saturated rings. The normalized spacial score (nSPS) is 24.9. The van der Waals surface area contributed by atoms with E-state index in [-0.39, 0.29) is 18.2 Å². The maximum absolute atomic E-state index is 13.4. The van der Waals surface area contributed by atoms with Crippen LogP contribution in [0, 0.1) is 11.6 Å². The number of nitrogens with one attached hydrogen (secondary N) is 1. The molecule has 1 aliphatic carbocycles. The number of hydrogen-bond acceptors (Lipinski definition) is 2. The van der Waals surface area contributed by atoms with Crippen LogP contribution in [-0.4, -0.2) is 17.3 Å². The van der Waals surface area contributed by atoms with Crippen LogP contribution in [0.2, 0.25) is 0 Å². The molecule has 0 radical (unpaired) electrons. The second-order valence-corrected chi connectivity index (χ2v) is 4.54. The number of aliphatic hydroxyl groups excluding tert-OH is 1. The minimum atomic E-state index is -0.539.